The molecular formula is C12H20N2O2S2. The number of hydrogen-bond donors (Lipinski definition) is 2. The van der Waals surface area contributed by atoms with Gasteiger partial charge in [0.2, 0.25) is 10.0 Å². The lowest BCUT2D eigenvalue weighted by molar-refractivity contribution is 0.406. The monoisotopic (exact) mass is 288 g/mol. The summed E-state index contributed by atoms with van der Waals surface area (Å²) in [5.74, 6) is 0.394. The van der Waals surface area contributed by atoms with Gasteiger partial charge in [0.1, 0.15) is 4.21 Å². The first-order valence-corrected chi connectivity index (χ1v) is 8.62. The van der Waals surface area contributed by atoms with Gasteiger partial charge < -0.3 is 5.73 Å². The molecule has 18 heavy (non-hydrogen) atoms. The summed E-state index contributed by atoms with van der Waals surface area (Å²) < 4.78 is 27.6. The molecule has 2 rings (SSSR count). The summed E-state index contributed by atoms with van der Waals surface area (Å²) >= 11 is 1.30. The zero-order chi connectivity index (χ0) is 13.2. The first kappa shape index (κ1) is 14.0. The molecule has 0 aliphatic heterocycles. The lowest BCUT2D eigenvalue weighted by Gasteiger charge is -2.22. The maximum atomic E-state index is 12.2. The molecular weight excluding hydrogens is 268 g/mol. The Hall–Kier alpha value is -0.430. The van der Waals surface area contributed by atoms with E-state index < -0.39 is 10.0 Å². The van der Waals surface area contributed by atoms with E-state index in [1.54, 1.807) is 6.07 Å². The van der Waals surface area contributed by atoms with Crippen LogP contribution < -0.4 is 10.5 Å². The van der Waals surface area contributed by atoms with Gasteiger partial charge in [-0.2, -0.15) is 0 Å². The highest BCUT2D eigenvalue weighted by Crippen LogP contribution is 2.29. The summed E-state index contributed by atoms with van der Waals surface area (Å²) in [4.78, 5) is 1.00. The van der Waals surface area contributed by atoms with Crippen LogP contribution in [0.15, 0.2) is 16.3 Å². The Morgan fingerprint density at radius 2 is 2.11 bits per heavy atom. The summed E-state index contributed by atoms with van der Waals surface area (Å²) in [5, 5.41) is 0. The smallest absolute Gasteiger partial charge is 0.250 e. The van der Waals surface area contributed by atoms with Crippen LogP contribution in [0.3, 0.4) is 0 Å². The Labute approximate surface area is 113 Å². The third-order valence-electron chi connectivity index (χ3n) is 3.51. The number of nitrogens with one attached hydrogen (secondary N) is 1. The Morgan fingerprint density at radius 3 is 2.61 bits per heavy atom. The molecule has 1 saturated carbocycles. The van der Waals surface area contributed by atoms with Crippen LogP contribution in [-0.4, -0.2) is 21.0 Å². The molecule has 1 aliphatic carbocycles. The molecule has 1 aromatic heterocycles. The lowest BCUT2D eigenvalue weighted by atomic mass is 9.99. The number of thiophene rings is 1. The van der Waals surface area contributed by atoms with E-state index in [4.69, 9.17) is 5.73 Å². The molecule has 4 nitrogen and oxygen atoms in total. The summed E-state index contributed by atoms with van der Waals surface area (Å²) in [6.07, 6.45) is 4.52. The van der Waals surface area contributed by atoms with Crippen molar-refractivity contribution in [1.82, 2.24) is 4.72 Å². The molecule has 0 bridgehead atoms. The molecule has 0 aromatic carbocycles. The standard InChI is InChI=1S/C12H20N2O2S2/c1-9-6-7-12(17-9)18(15,16)14-11(8-13)10-4-2-3-5-10/h6-7,10-11,14H,2-5,8,13H2,1H3. The van der Waals surface area contributed by atoms with Gasteiger partial charge in [-0.05, 0) is 37.8 Å². The fourth-order valence-corrected chi connectivity index (χ4v) is 5.13. The van der Waals surface area contributed by atoms with Crippen molar-refractivity contribution in [3.8, 4) is 0 Å². The maximum absolute atomic E-state index is 12.2. The highest BCUT2D eigenvalue weighted by Gasteiger charge is 2.28. The minimum absolute atomic E-state index is 0.125. The fourth-order valence-electron chi connectivity index (χ4n) is 2.51. The molecule has 1 atom stereocenters. The molecule has 1 aliphatic rings. The van der Waals surface area contributed by atoms with Gasteiger partial charge in [0.05, 0.1) is 0 Å². The van der Waals surface area contributed by atoms with Gasteiger partial charge in [0.25, 0.3) is 0 Å². The van der Waals surface area contributed by atoms with E-state index in [1.807, 2.05) is 13.0 Å². The van der Waals surface area contributed by atoms with Crippen molar-refractivity contribution in [2.24, 2.45) is 11.7 Å². The molecule has 1 aromatic rings. The van der Waals surface area contributed by atoms with Crippen molar-refractivity contribution in [1.29, 1.82) is 0 Å². The molecule has 1 heterocycles. The zero-order valence-electron chi connectivity index (χ0n) is 10.6. The van der Waals surface area contributed by atoms with Crippen molar-refractivity contribution in [2.75, 3.05) is 6.54 Å². The summed E-state index contributed by atoms with van der Waals surface area (Å²) in [6.45, 7) is 2.27. The molecule has 0 amide bonds. The quantitative estimate of drug-likeness (QED) is 0.868. The van der Waals surface area contributed by atoms with Gasteiger partial charge in [-0.15, -0.1) is 11.3 Å². The molecule has 1 unspecified atom stereocenters. The van der Waals surface area contributed by atoms with Gasteiger partial charge in [0.15, 0.2) is 0 Å². The highest BCUT2D eigenvalue weighted by atomic mass is 32.2. The molecule has 0 spiro atoms. The summed E-state index contributed by atoms with van der Waals surface area (Å²) in [7, 11) is -3.40. The number of sulfonamides is 1. The Balaban J connectivity index is 2.10. The van der Waals surface area contributed by atoms with Crippen molar-refractivity contribution >= 4 is 21.4 Å². The second kappa shape index (κ2) is 5.69. The van der Waals surface area contributed by atoms with Gasteiger partial charge in [-0.3, -0.25) is 0 Å². The SMILES string of the molecule is Cc1ccc(S(=O)(=O)NC(CN)C2CCCC2)s1. The van der Waals surface area contributed by atoms with Crippen molar-refractivity contribution in [2.45, 2.75) is 42.9 Å². The average Bonchev–Trinajstić information content (AvgIpc) is 2.96. The highest BCUT2D eigenvalue weighted by molar-refractivity contribution is 7.91. The first-order valence-electron chi connectivity index (χ1n) is 6.32. The minimum atomic E-state index is -3.40. The predicted octanol–water partition coefficient (Wildman–Crippen LogP) is 1.85. The fraction of sp³-hybridized carbons (Fsp3) is 0.667. The van der Waals surface area contributed by atoms with E-state index in [0.29, 0.717) is 16.7 Å². The van der Waals surface area contributed by atoms with Gasteiger partial charge in [-0.25, -0.2) is 13.1 Å². The van der Waals surface area contributed by atoms with E-state index in [1.165, 1.54) is 24.2 Å². The van der Waals surface area contributed by atoms with Crippen LogP contribution >= 0.6 is 11.3 Å². The molecule has 3 N–H and O–H groups in total. The zero-order valence-corrected chi connectivity index (χ0v) is 12.2. The van der Waals surface area contributed by atoms with E-state index in [0.717, 1.165) is 17.7 Å². The van der Waals surface area contributed by atoms with Crippen LogP contribution in [0.2, 0.25) is 0 Å². The van der Waals surface area contributed by atoms with E-state index in [-0.39, 0.29) is 6.04 Å². The average molecular weight is 288 g/mol. The second-order valence-corrected chi connectivity index (χ2v) is 8.10. The molecule has 0 saturated heterocycles. The van der Waals surface area contributed by atoms with Crippen LogP contribution in [0.1, 0.15) is 30.6 Å². The maximum Gasteiger partial charge on any atom is 0.250 e. The van der Waals surface area contributed by atoms with Crippen LogP contribution in [-0.2, 0) is 10.0 Å². The minimum Gasteiger partial charge on any atom is -0.329 e. The van der Waals surface area contributed by atoms with Crippen molar-refractivity contribution < 1.29 is 8.42 Å². The third kappa shape index (κ3) is 3.12. The van der Waals surface area contributed by atoms with E-state index >= 15 is 0 Å². The Kier molecular flexibility index (Phi) is 4.42. The number of hydrogen-bond acceptors (Lipinski definition) is 4. The molecule has 1 fully saturated rings. The summed E-state index contributed by atoms with van der Waals surface area (Å²) in [6, 6.07) is 3.36. The first-order chi connectivity index (χ1) is 8.53. The largest absolute Gasteiger partial charge is 0.329 e. The Bertz CT molecular complexity index is 490. The number of rotatable bonds is 5. The van der Waals surface area contributed by atoms with Crippen molar-refractivity contribution in [3.05, 3.63) is 17.0 Å². The Morgan fingerprint density at radius 1 is 1.44 bits per heavy atom. The van der Waals surface area contributed by atoms with Gasteiger partial charge >= 0.3 is 0 Å². The predicted molar refractivity (Wildman–Crippen MR) is 74.2 cm³/mol. The van der Waals surface area contributed by atoms with Crippen LogP contribution in [0, 0.1) is 12.8 Å². The van der Waals surface area contributed by atoms with E-state index in [2.05, 4.69) is 4.72 Å². The second-order valence-electron chi connectivity index (χ2n) is 4.87. The van der Waals surface area contributed by atoms with Crippen LogP contribution in [0.4, 0.5) is 0 Å². The molecule has 102 valence electrons. The third-order valence-corrected chi connectivity index (χ3v) is 6.49. The number of nitrogens with two attached hydrogens (primary N) is 1. The summed E-state index contributed by atoms with van der Waals surface area (Å²) in [5.41, 5.74) is 5.72. The van der Waals surface area contributed by atoms with Crippen LogP contribution in [0.25, 0.3) is 0 Å². The van der Waals surface area contributed by atoms with Crippen LogP contribution in [0.5, 0.6) is 0 Å². The molecule has 6 heteroatoms. The van der Waals surface area contributed by atoms with Crippen molar-refractivity contribution in [3.63, 3.8) is 0 Å². The normalized spacial score (nSPS) is 19.2. The number of aryl methyl sites for hydroxylation is 1. The van der Waals surface area contributed by atoms with E-state index in [9.17, 15) is 8.42 Å². The topological polar surface area (TPSA) is 72.2 Å². The van der Waals surface area contributed by atoms with Gasteiger partial charge in [0, 0.05) is 17.5 Å². The lowest BCUT2D eigenvalue weighted by Crippen LogP contribution is -2.44. The van der Waals surface area contributed by atoms with Gasteiger partial charge in [-0.1, -0.05) is 12.8 Å². The molecule has 0 radical (unpaired) electrons.